The first-order valence-electron chi connectivity index (χ1n) is 6.42. The molecule has 104 valence electrons. The summed E-state index contributed by atoms with van der Waals surface area (Å²) in [5.41, 5.74) is 1.42. The smallest absolute Gasteiger partial charge is 0.321 e. The number of carbonyl (C=O) groups excluding carboxylic acids is 2. The van der Waals surface area contributed by atoms with Crippen LogP contribution in [0, 0.1) is 0 Å². The largest absolute Gasteiger partial charge is 0.328 e. The molecule has 0 unspecified atom stereocenters. The first kappa shape index (κ1) is 15.0. The van der Waals surface area contributed by atoms with E-state index >= 15 is 0 Å². The van der Waals surface area contributed by atoms with Crippen LogP contribution in [0.25, 0.3) is 0 Å². The molecule has 0 aliphatic heterocycles. The van der Waals surface area contributed by atoms with Gasteiger partial charge in [0.25, 0.3) is 0 Å². The van der Waals surface area contributed by atoms with Crippen molar-refractivity contribution >= 4 is 23.3 Å². The lowest BCUT2D eigenvalue weighted by Crippen LogP contribution is -2.32. The minimum atomic E-state index is -0.124. The summed E-state index contributed by atoms with van der Waals surface area (Å²) in [7, 11) is 1.77. The lowest BCUT2D eigenvalue weighted by molar-refractivity contribution is -0.114. The fourth-order valence-corrected chi connectivity index (χ4v) is 1.56. The number of anilines is 2. The van der Waals surface area contributed by atoms with Crippen molar-refractivity contribution in [2.24, 2.45) is 0 Å². The van der Waals surface area contributed by atoms with E-state index in [1.165, 1.54) is 6.92 Å². The highest BCUT2D eigenvalue weighted by Gasteiger charge is 2.07. The summed E-state index contributed by atoms with van der Waals surface area (Å²) in [6.45, 7) is 4.29. The van der Waals surface area contributed by atoms with Gasteiger partial charge in [-0.3, -0.25) is 4.79 Å². The minimum absolute atomic E-state index is 0.115. The highest BCUT2D eigenvalue weighted by molar-refractivity contribution is 5.91. The molecule has 0 spiro atoms. The Kier molecular flexibility index (Phi) is 5.85. The molecule has 1 aromatic carbocycles. The summed E-state index contributed by atoms with van der Waals surface area (Å²) < 4.78 is 0. The first-order chi connectivity index (χ1) is 9.02. The second kappa shape index (κ2) is 7.41. The lowest BCUT2D eigenvalue weighted by Gasteiger charge is -2.17. The number of nitrogens with one attached hydrogen (secondary N) is 2. The molecule has 0 radical (unpaired) electrons. The van der Waals surface area contributed by atoms with Crippen LogP contribution in [-0.4, -0.2) is 30.4 Å². The molecule has 0 saturated heterocycles. The van der Waals surface area contributed by atoms with Crippen molar-refractivity contribution in [1.29, 1.82) is 0 Å². The number of amides is 3. The van der Waals surface area contributed by atoms with E-state index in [1.807, 2.05) is 0 Å². The van der Waals surface area contributed by atoms with Gasteiger partial charge in [0.15, 0.2) is 0 Å². The van der Waals surface area contributed by atoms with Gasteiger partial charge in [-0.25, -0.2) is 4.79 Å². The second-order valence-electron chi connectivity index (χ2n) is 4.46. The number of hydrogen-bond donors (Lipinski definition) is 2. The van der Waals surface area contributed by atoms with Crippen LogP contribution in [-0.2, 0) is 4.79 Å². The summed E-state index contributed by atoms with van der Waals surface area (Å²) in [4.78, 5) is 24.4. The fourth-order valence-electron chi connectivity index (χ4n) is 1.56. The van der Waals surface area contributed by atoms with E-state index in [0.717, 1.165) is 19.4 Å². The highest BCUT2D eigenvalue weighted by Crippen LogP contribution is 2.13. The molecule has 0 saturated carbocycles. The van der Waals surface area contributed by atoms with Crippen LogP contribution in [0.1, 0.15) is 26.7 Å². The van der Waals surface area contributed by atoms with Crippen LogP contribution in [0.3, 0.4) is 0 Å². The van der Waals surface area contributed by atoms with Crippen molar-refractivity contribution in [3.8, 4) is 0 Å². The standard InChI is InChI=1S/C14H21N3O2/c1-4-5-10-17(3)14(19)16-13-8-6-12(7-9-13)15-11(2)18/h6-9H,4-5,10H2,1-3H3,(H,15,18)(H,16,19). The quantitative estimate of drug-likeness (QED) is 0.858. The molecule has 0 heterocycles. The minimum Gasteiger partial charge on any atom is -0.328 e. The molecule has 5 heteroatoms. The number of benzene rings is 1. The van der Waals surface area contributed by atoms with E-state index in [9.17, 15) is 9.59 Å². The van der Waals surface area contributed by atoms with Gasteiger partial charge in [0.2, 0.25) is 5.91 Å². The molecule has 0 aliphatic rings. The zero-order valence-corrected chi connectivity index (χ0v) is 11.7. The number of nitrogens with zero attached hydrogens (tertiary/aromatic N) is 1. The fraction of sp³-hybridized carbons (Fsp3) is 0.429. The summed E-state index contributed by atoms with van der Waals surface area (Å²) in [6, 6.07) is 6.90. The third kappa shape index (κ3) is 5.42. The SMILES string of the molecule is CCCCN(C)C(=O)Nc1ccc(NC(C)=O)cc1. The molecule has 2 N–H and O–H groups in total. The van der Waals surface area contributed by atoms with Crippen molar-refractivity contribution in [2.45, 2.75) is 26.7 Å². The average molecular weight is 263 g/mol. The summed E-state index contributed by atoms with van der Waals surface area (Å²) >= 11 is 0. The molecule has 0 bridgehead atoms. The van der Waals surface area contributed by atoms with Gasteiger partial charge in [0.05, 0.1) is 0 Å². The molecule has 0 atom stereocenters. The van der Waals surface area contributed by atoms with Crippen molar-refractivity contribution in [1.82, 2.24) is 4.90 Å². The Morgan fingerprint density at radius 3 is 2.11 bits per heavy atom. The third-order valence-electron chi connectivity index (χ3n) is 2.65. The van der Waals surface area contributed by atoms with Gasteiger partial charge in [-0.2, -0.15) is 0 Å². The number of urea groups is 1. The molecule has 0 aliphatic carbocycles. The van der Waals surface area contributed by atoms with Crippen LogP contribution < -0.4 is 10.6 Å². The van der Waals surface area contributed by atoms with Gasteiger partial charge < -0.3 is 15.5 Å². The Hall–Kier alpha value is -2.04. The number of carbonyl (C=O) groups is 2. The third-order valence-corrected chi connectivity index (χ3v) is 2.65. The zero-order valence-electron chi connectivity index (χ0n) is 11.7. The van der Waals surface area contributed by atoms with Crippen molar-refractivity contribution < 1.29 is 9.59 Å². The van der Waals surface area contributed by atoms with E-state index in [0.29, 0.717) is 11.4 Å². The van der Waals surface area contributed by atoms with Crippen LogP contribution in [0.15, 0.2) is 24.3 Å². The average Bonchev–Trinajstić information content (AvgIpc) is 2.37. The van der Waals surface area contributed by atoms with Crippen LogP contribution >= 0.6 is 0 Å². The van der Waals surface area contributed by atoms with E-state index < -0.39 is 0 Å². The predicted molar refractivity (Wildman–Crippen MR) is 77.3 cm³/mol. The summed E-state index contributed by atoms with van der Waals surface area (Å²) in [6.07, 6.45) is 2.05. The van der Waals surface area contributed by atoms with Gasteiger partial charge in [0.1, 0.15) is 0 Å². The molecular formula is C14H21N3O2. The molecule has 0 aromatic heterocycles. The van der Waals surface area contributed by atoms with Gasteiger partial charge in [-0.15, -0.1) is 0 Å². The zero-order chi connectivity index (χ0) is 14.3. The molecule has 19 heavy (non-hydrogen) atoms. The van der Waals surface area contributed by atoms with Crippen molar-refractivity contribution in [3.05, 3.63) is 24.3 Å². The Morgan fingerprint density at radius 1 is 1.11 bits per heavy atom. The molecule has 1 aromatic rings. The Labute approximate surface area is 114 Å². The maximum atomic E-state index is 11.8. The van der Waals surface area contributed by atoms with E-state index in [4.69, 9.17) is 0 Å². The topological polar surface area (TPSA) is 61.4 Å². The molecule has 5 nitrogen and oxygen atoms in total. The van der Waals surface area contributed by atoms with E-state index in [1.54, 1.807) is 36.2 Å². The maximum absolute atomic E-state index is 11.8. The normalized spacial score (nSPS) is 9.84. The van der Waals surface area contributed by atoms with Gasteiger partial charge in [-0.1, -0.05) is 13.3 Å². The maximum Gasteiger partial charge on any atom is 0.321 e. The second-order valence-corrected chi connectivity index (χ2v) is 4.46. The van der Waals surface area contributed by atoms with Gasteiger partial charge in [0, 0.05) is 31.9 Å². The molecule has 1 rings (SSSR count). The van der Waals surface area contributed by atoms with Crippen LogP contribution in [0.4, 0.5) is 16.2 Å². The number of unbranched alkanes of at least 4 members (excludes halogenated alkanes) is 1. The highest BCUT2D eigenvalue weighted by atomic mass is 16.2. The predicted octanol–water partition coefficient (Wildman–Crippen LogP) is 2.91. The van der Waals surface area contributed by atoms with E-state index in [2.05, 4.69) is 17.6 Å². The van der Waals surface area contributed by atoms with E-state index in [-0.39, 0.29) is 11.9 Å². The number of rotatable bonds is 5. The summed E-state index contributed by atoms with van der Waals surface area (Å²) in [5.74, 6) is -0.115. The first-order valence-corrected chi connectivity index (χ1v) is 6.42. The molecular weight excluding hydrogens is 242 g/mol. The Bertz CT molecular complexity index is 429. The molecule has 3 amide bonds. The van der Waals surface area contributed by atoms with Gasteiger partial charge in [-0.05, 0) is 30.7 Å². The van der Waals surface area contributed by atoms with Crippen molar-refractivity contribution in [3.63, 3.8) is 0 Å². The summed E-state index contributed by atoms with van der Waals surface area (Å²) in [5, 5.41) is 5.48. The number of hydrogen-bond acceptors (Lipinski definition) is 2. The Morgan fingerprint density at radius 2 is 1.63 bits per heavy atom. The van der Waals surface area contributed by atoms with Crippen molar-refractivity contribution in [2.75, 3.05) is 24.2 Å². The lowest BCUT2D eigenvalue weighted by atomic mass is 10.3. The Balaban J connectivity index is 2.52. The van der Waals surface area contributed by atoms with Gasteiger partial charge >= 0.3 is 6.03 Å². The molecule has 0 fully saturated rings. The van der Waals surface area contributed by atoms with Crippen LogP contribution in [0.5, 0.6) is 0 Å². The van der Waals surface area contributed by atoms with Crippen LogP contribution in [0.2, 0.25) is 0 Å². The monoisotopic (exact) mass is 263 g/mol.